The van der Waals surface area contributed by atoms with Gasteiger partial charge in [0.2, 0.25) is 11.8 Å². The van der Waals surface area contributed by atoms with Gasteiger partial charge in [0.25, 0.3) is 5.91 Å². The average Bonchev–Trinajstić information content (AvgIpc) is 3.18. The monoisotopic (exact) mass is 421 g/mol. The van der Waals surface area contributed by atoms with Gasteiger partial charge < -0.3 is 20.3 Å². The summed E-state index contributed by atoms with van der Waals surface area (Å²) in [6, 6.07) is 14.6. The van der Waals surface area contributed by atoms with Crippen molar-refractivity contribution in [3.63, 3.8) is 0 Å². The summed E-state index contributed by atoms with van der Waals surface area (Å²) in [7, 11) is 0. The van der Waals surface area contributed by atoms with Gasteiger partial charge in [-0.25, -0.2) is 0 Å². The molecule has 1 aliphatic rings. The standard InChI is InChI=1S/C24H27N3O4/c1-3-13-25-24(30)18-14-23(29)27(15-18)19-9-11-20(12-10-19)31-16-22(28)26-21-8-6-5-7-17(21)4-2/h3,5-12,18H,1,4,13-16H2,2H3,(H,25,30)(H,26,28)/t18-/m0/s1. The summed E-state index contributed by atoms with van der Waals surface area (Å²) in [4.78, 5) is 38.2. The van der Waals surface area contributed by atoms with E-state index in [1.54, 1.807) is 35.2 Å². The van der Waals surface area contributed by atoms with E-state index in [1.807, 2.05) is 31.2 Å². The van der Waals surface area contributed by atoms with E-state index in [2.05, 4.69) is 17.2 Å². The fourth-order valence-electron chi connectivity index (χ4n) is 3.46. The number of rotatable bonds is 9. The SMILES string of the molecule is C=CCNC(=O)[C@H]1CC(=O)N(c2ccc(OCC(=O)Nc3ccccc3CC)cc2)C1. The summed E-state index contributed by atoms with van der Waals surface area (Å²) in [6.07, 6.45) is 2.61. The van der Waals surface area contributed by atoms with E-state index >= 15 is 0 Å². The molecule has 0 radical (unpaired) electrons. The highest BCUT2D eigenvalue weighted by Gasteiger charge is 2.34. The molecule has 0 unspecified atom stereocenters. The minimum atomic E-state index is -0.377. The zero-order chi connectivity index (χ0) is 22.2. The van der Waals surface area contributed by atoms with Gasteiger partial charge in [0.15, 0.2) is 6.61 Å². The van der Waals surface area contributed by atoms with E-state index in [4.69, 9.17) is 4.74 Å². The Balaban J connectivity index is 1.53. The van der Waals surface area contributed by atoms with Crippen LogP contribution in [0.5, 0.6) is 5.75 Å². The first-order valence-corrected chi connectivity index (χ1v) is 10.3. The molecule has 162 valence electrons. The molecule has 0 aliphatic carbocycles. The molecular formula is C24H27N3O4. The molecule has 31 heavy (non-hydrogen) atoms. The molecule has 1 aliphatic heterocycles. The molecule has 0 bridgehead atoms. The number of carbonyl (C=O) groups excluding carboxylic acids is 3. The molecule has 0 saturated carbocycles. The number of para-hydroxylation sites is 1. The number of amides is 3. The maximum absolute atomic E-state index is 12.3. The Bertz CT molecular complexity index is 956. The lowest BCUT2D eigenvalue weighted by Gasteiger charge is -2.17. The van der Waals surface area contributed by atoms with Crippen molar-refractivity contribution in [2.45, 2.75) is 19.8 Å². The predicted octanol–water partition coefficient (Wildman–Crippen LogP) is 2.92. The van der Waals surface area contributed by atoms with E-state index in [0.29, 0.717) is 24.5 Å². The molecule has 7 heteroatoms. The number of hydrogen-bond donors (Lipinski definition) is 2. The number of ether oxygens (including phenoxy) is 1. The van der Waals surface area contributed by atoms with E-state index < -0.39 is 0 Å². The van der Waals surface area contributed by atoms with Crippen LogP contribution in [0.15, 0.2) is 61.2 Å². The Hall–Kier alpha value is -3.61. The predicted molar refractivity (Wildman–Crippen MR) is 120 cm³/mol. The van der Waals surface area contributed by atoms with Crippen molar-refractivity contribution >= 4 is 29.1 Å². The van der Waals surface area contributed by atoms with Gasteiger partial charge in [0.05, 0.1) is 5.92 Å². The molecule has 3 rings (SSSR count). The Morgan fingerprint density at radius 2 is 1.94 bits per heavy atom. The van der Waals surface area contributed by atoms with E-state index in [0.717, 1.165) is 17.7 Å². The van der Waals surface area contributed by atoms with Crippen LogP contribution in [0.25, 0.3) is 0 Å². The lowest BCUT2D eigenvalue weighted by Crippen LogP contribution is -2.32. The first-order chi connectivity index (χ1) is 15.0. The molecule has 1 saturated heterocycles. The van der Waals surface area contributed by atoms with Crippen LogP contribution in [0.2, 0.25) is 0 Å². The Morgan fingerprint density at radius 3 is 2.65 bits per heavy atom. The highest BCUT2D eigenvalue weighted by atomic mass is 16.5. The van der Waals surface area contributed by atoms with Crippen molar-refractivity contribution < 1.29 is 19.1 Å². The van der Waals surface area contributed by atoms with Crippen LogP contribution in [0, 0.1) is 5.92 Å². The normalized spacial score (nSPS) is 15.5. The molecule has 1 atom stereocenters. The second-order valence-corrected chi connectivity index (χ2v) is 7.28. The van der Waals surface area contributed by atoms with Crippen molar-refractivity contribution in [1.82, 2.24) is 5.32 Å². The number of carbonyl (C=O) groups is 3. The minimum Gasteiger partial charge on any atom is -0.484 e. The highest BCUT2D eigenvalue weighted by Crippen LogP contribution is 2.27. The lowest BCUT2D eigenvalue weighted by molar-refractivity contribution is -0.126. The molecule has 0 spiro atoms. The Kier molecular flexibility index (Phi) is 7.43. The van der Waals surface area contributed by atoms with Crippen LogP contribution in [-0.2, 0) is 20.8 Å². The summed E-state index contributed by atoms with van der Waals surface area (Å²) in [6.45, 7) is 6.20. The van der Waals surface area contributed by atoms with E-state index in [9.17, 15) is 14.4 Å². The molecule has 1 fully saturated rings. The molecule has 3 amide bonds. The number of anilines is 2. The third-order valence-electron chi connectivity index (χ3n) is 5.11. The summed E-state index contributed by atoms with van der Waals surface area (Å²) in [5, 5.41) is 5.60. The largest absolute Gasteiger partial charge is 0.484 e. The van der Waals surface area contributed by atoms with E-state index in [-0.39, 0.29) is 36.7 Å². The first-order valence-electron chi connectivity index (χ1n) is 10.3. The maximum atomic E-state index is 12.3. The van der Waals surface area contributed by atoms with Gasteiger partial charge in [-0.05, 0) is 42.3 Å². The smallest absolute Gasteiger partial charge is 0.262 e. The fourth-order valence-corrected chi connectivity index (χ4v) is 3.46. The summed E-state index contributed by atoms with van der Waals surface area (Å²) in [5.41, 5.74) is 2.54. The van der Waals surface area contributed by atoms with Crippen molar-refractivity contribution in [2.75, 3.05) is 29.9 Å². The number of nitrogens with one attached hydrogen (secondary N) is 2. The minimum absolute atomic E-state index is 0.0959. The second kappa shape index (κ2) is 10.4. The molecule has 2 N–H and O–H groups in total. The number of nitrogens with zero attached hydrogens (tertiary/aromatic N) is 1. The summed E-state index contributed by atoms with van der Waals surface area (Å²) >= 11 is 0. The van der Waals surface area contributed by atoms with Crippen LogP contribution < -0.4 is 20.3 Å². The molecule has 1 heterocycles. The van der Waals surface area contributed by atoms with Gasteiger partial charge in [0.1, 0.15) is 5.75 Å². The molecule has 0 aromatic heterocycles. The fraction of sp³-hybridized carbons (Fsp3) is 0.292. The Morgan fingerprint density at radius 1 is 1.19 bits per heavy atom. The first kappa shape index (κ1) is 22.1. The molecule has 2 aromatic carbocycles. The van der Waals surface area contributed by atoms with Gasteiger partial charge >= 0.3 is 0 Å². The van der Waals surface area contributed by atoms with Crippen molar-refractivity contribution in [2.24, 2.45) is 5.92 Å². The molecule has 7 nitrogen and oxygen atoms in total. The van der Waals surface area contributed by atoms with E-state index in [1.165, 1.54) is 0 Å². The summed E-state index contributed by atoms with van der Waals surface area (Å²) in [5.74, 6) is -0.339. The number of hydrogen-bond acceptors (Lipinski definition) is 4. The van der Waals surface area contributed by atoms with Crippen molar-refractivity contribution in [3.8, 4) is 5.75 Å². The Labute approximate surface area is 182 Å². The topological polar surface area (TPSA) is 87.7 Å². The lowest BCUT2D eigenvalue weighted by atomic mass is 10.1. The number of aryl methyl sites for hydroxylation is 1. The highest BCUT2D eigenvalue weighted by molar-refractivity contribution is 6.00. The van der Waals surface area contributed by atoms with Gasteiger partial charge in [-0.15, -0.1) is 6.58 Å². The zero-order valence-corrected chi connectivity index (χ0v) is 17.6. The van der Waals surface area contributed by atoms with Gasteiger partial charge in [-0.3, -0.25) is 14.4 Å². The quantitative estimate of drug-likeness (QED) is 0.610. The summed E-state index contributed by atoms with van der Waals surface area (Å²) < 4.78 is 5.57. The average molecular weight is 421 g/mol. The van der Waals surface area contributed by atoms with Gasteiger partial charge in [-0.2, -0.15) is 0 Å². The van der Waals surface area contributed by atoms with Gasteiger partial charge in [-0.1, -0.05) is 31.2 Å². The van der Waals surface area contributed by atoms with Gasteiger partial charge in [0, 0.05) is 30.9 Å². The zero-order valence-electron chi connectivity index (χ0n) is 17.6. The third kappa shape index (κ3) is 5.72. The van der Waals surface area contributed by atoms with Crippen molar-refractivity contribution in [1.29, 1.82) is 0 Å². The second-order valence-electron chi connectivity index (χ2n) is 7.28. The van der Waals surface area contributed by atoms with Crippen LogP contribution in [0.3, 0.4) is 0 Å². The van der Waals surface area contributed by atoms with Crippen LogP contribution >= 0.6 is 0 Å². The molecule has 2 aromatic rings. The number of benzene rings is 2. The van der Waals surface area contributed by atoms with Crippen LogP contribution in [0.1, 0.15) is 18.9 Å². The maximum Gasteiger partial charge on any atom is 0.262 e. The third-order valence-corrected chi connectivity index (χ3v) is 5.11. The van der Waals surface area contributed by atoms with Crippen LogP contribution in [0.4, 0.5) is 11.4 Å². The molecular weight excluding hydrogens is 394 g/mol. The van der Waals surface area contributed by atoms with Crippen LogP contribution in [-0.4, -0.2) is 37.4 Å². The van der Waals surface area contributed by atoms with Crippen molar-refractivity contribution in [3.05, 3.63) is 66.7 Å².